The summed E-state index contributed by atoms with van der Waals surface area (Å²) in [6.07, 6.45) is 7.36. The van der Waals surface area contributed by atoms with Crippen LogP contribution in [0.5, 0.6) is 0 Å². The first-order valence-corrected chi connectivity index (χ1v) is 8.50. The van der Waals surface area contributed by atoms with Gasteiger partial charge < -0.3 is 4.90 Å². The Balaban J connectivity index is 2.30. The fourth-order valence-corrected chi connectivity index (χ4v) is 3.23. The zero-order chi connectivity index (χ0) is 16.3. The molecule has 0 aliphatic heterocycles. The lowest BCUT2D eigenvalue weighted by Crippen LogP contribution is -2.40. The zero-order valence-electron chi connectivity index (χ0n) is 13.7. The molecule has 0 radical (unpaired) electrons. The Hall–Kier alpha value is -1.69. The maximum absolute atomic E-state index is 12.7. The molecule has 5 nitrogen and oxygen atoms in total. The van der Waals surface area contributed by atoms with Gasteiger partial charge in [-0.05, 0) is 31.1 Å². The van der Waals surface area contributed by atoms with Gasteiger partial charge in [0.15, 0.2) is 0 Å². The van der Waals surface area contributed by atoms with E-state index in [2.05, 4.69) is 10.1 Å². The number of amides is 1. The van der Waals surface area contributed by atoms with Crippen molar-refractivity contribution in [1.29, 1.82) is 0 Å². The molecule has 0 bridgehead atoms. The molecule has 0 saturated carbocycles. The second-order valence-corrected chi connectivity index (χ2v) is 6.80. The van der Waals surface area contributed by atoms with Crippen LogP contribution in [-0.2, 0) is 4.79 Å². The number of rotatable bonds is 5. The van der Waals surface area contributed by atoms with E-state index in [0.29, 0.717) is 0 Å². The van der Waals surface area contributed by atoms with Crippen LogP contribution in [0.2, 0.25) is 5.21 Å². The van der Waals surface area contributed by atoms with Gasteiger partial charge >= 0.3 is 0 Å². The molecule has 0 saturated heterocycles. The molecule has 0 aromatic carbocycles. The third kappa shape index (κ3) is 3.38. The van der Waals surface area contributed by atoms with Gasteiger partial charge in [-0.1, -0.05) is 0 Å². The van der Waals surface area contributed by atoms with Crippen LogP contribution in [0.3, 0.4) is 0 Å². The fraction of sp³-hybridized carbons (Fsp3) is 0.357. The quantitative estimate of drug-likeness (QED) is 0.744. The molecular formula is C14H20B2N4OS. The number of hydrogen-bond donors (Lipinski definition) is 0. The molecule has 8 heteroatoms. The van der Waals surface area contributed by atoms with E-state index in [1.54, 1.807) is 33.7 Å². The third-order valence-corrected chi connectivity index (χ3v) is 4.54. The highest BCUT2D eigenvalue weighted by Crippen LogP contribution is 2.28. The minimum atomic E-state index is -0.406. The Bertz CT molecular complexity index is 660. The van der Waals surface area contributed by atoms with Crippen LogP contribution < -0.4 is 4.90 Å². The van der Waals surface area contributed by atoms with Crippen molar-refractivity contribution in [3.8, 4) is 5.69 Å². The van der Waals surface area contributed by atoms with E-state index < -0.39 is 5.21 Å². The lowest BCUT2D eigenvalue weighted by Gasteiger charge is -2.28. The van der Waals surface area contributed by atoms with Crippen LogP contribution in [0.15, 0.2) is 30.7 Å². The Morgan fingerprint density at radius 1 is 1.50 bits per heavy atom. The van der Waals surface area contributed by atoms with Gasteiger partial charge in [0.1, 0.15) is 15.7 Å². The number of nitrogens with zero attached hydrogens (tertiary/aromatic N) is 4. The maximum Gasteiger partial charge on any atom is 0.218 e. The number of carbonyl (C=O) groups is 1. The Kier molecular flexibility index (Phi) is 5.01. The number of carbonyl (C=O) groups excluding carboxylic acids is 1. The molecule has 114 valence electrons. The molecule has 0 unspecified atom stereocenters. The summed E-state index contributed by atoms with van der Waals surface area (Å²) < 4.78 is 1.75. The van der Waals surface area contributed by atoms with Gasteiger partial charge in [-0.3, -0.25) is 9.78 Å². The molecule has 0 aliphatic rings. The standard InChI is InChI=1S/C14H20B2N4OS/c1-10-12(19(2)13(21)14(15,16)9-22-3)8-20(18-10)11-5-4-6-17-7-11/h4-8H,9,15-16H2,1-3H3. The first-order valence-electron chi connectivity index (χ1n) is 7.10. The molecule has 2 rings (SSSR count). The van der Waals surface area contributed by atoms with E-state index >= 15 is 0 Å². The van der Waals surface area contributed by atoms with Crippen molar-refractivity contribution in [1.82, 2.24) is 14.8 Å². The second kappa shape index (κ2) is 6.60. The van der Waals surface area contributed by atoms with Crippen molar-refractivity contribution < 1.29 is 4.79 Å². The molecule has 22 heavy (non-hydrogen) atoms. The summed E-state index contributed by atoms with van der Waals surface area (Å²) >= 11 is 1.68. The summed E-state index contributed by atoms with van der Waals surface area (Å²) in [6.45, 7) is 1.91. The Labute approximate surface area is 137 Å². The average molecular weight is 314 g/mol. The first-order chi connectivity index (χ1) is 10.4. The smallest absolute Gasteiger partial charge is 0.218 e. The van der Waals surface area contributed by atoms with Crippen molar-refractivity contribution in [3.05, 3.63) is 36.4 Å². The number of hydrogen-bond acceptors (Lipinski definition) is 4. The summed E-state index contributed by atoms with van der Waals surface area (Å²) in [5, 5.41) is 4.08. The molecule has 0 N–H and O–H groups in total. The summed E-state index contributed by atoms with van der Waals surface area (Å²) in [7, 11) is 5.76. The van der Waals surface area contributed by atoms with Crippen molar-refractivity contribution in [2.75, 3.05) is 24.0 Å². The van der Waals surface area contributed by atoms with E-state index in [9.17, 15) is 4.79 Å². The molecule has 0 aliphatic carbocycles. The topological polar surface area (TPSA) is 51.0 Å². The predicted octanol–water partition coefficient (Wildman–Crippen LogP) is 0.284. The van der Waals surface area contributed by atoms with Gasteiger partial charge in [-0.15, -0.1) is 0 Å². The van der Waals surface area contributed by atoms with Gasteiger partial charge in [0, 0.05) is 18.5 Å². The predicted molar refractivity (Wildman–Crippen MR) is 97.7 cm³/mol. The highest BCUT2D eigenvalue weighted by atomic mass is 32.2. The van der Waals surface area contributed by atoms with Crippen molar-refractivity contribution in [2.45, 2.75) is 12.1 Å². The molecule has 2 heterocycles. The minimum absolute atomic E-state index is 0.0932. The van der Waals surface area contributed by atoms with E-state index in [1.165, 1.54) is 0 Å². The molecule has 1 amide bonds. The molecule has 2 aromatic rings. The van der Waals surface area contributed by atoms with Crippen LogP contribution >= 0.6 is 11.8 Å². The highest BCUT2D eigenvalue weighted by Gasteiger charge is 2.31. The van der Waals surface area contributed by atoms with E-state index in [-0.39, 0.29) is 5.91 Å². The monoisotopic (exact) mass is 314 g/mol. The molecular weight excluding hydrogens is 294 g/mol. The van der Waals surface area contributed by atoms with Gasteiger partial charge in [0.25, 0.3) is 0 Å². The zero-order valence-corrected chi connectivity index (χ0v) is 14.5. The summed E-state index contributed by atoms with van der Waals surface area (Å²) in [4.78, 5) is 18.5. The SMILES string of the molecule is BC(B)(CSC)C(=O)N(C)c1cn(-c2cccnc2)nc1C. The van der Waals surface area contributed by atoms with Gasteiger partial charge in [-0.2, -0.15) is 16.9 Å². The summed E-state index contributed by atoms with van der Waals surface area (Å²) in [5.41, 5.74) is 2.52. The second-order valence-electron chi connectivity index (χ2n) is 5.94. The summed E-state index contributed by atoms with van der Waals surface area (Å²) in [5.74, 6) is 0.877. The normalized spacial score (nSPS) is 11.4. The summed E-state index contributed by atoms with van der Waals surface area (Å²) in [6, 6.07) is 3.80. The van der Waals surface area contributed by atoms with Crippen molar-refractivity contribution in [3.63, 3.8) is 0 Å². The largest absolute Gasteiger partial charge is 0.313 e. The highest BCUT2D eigenvalue weighted by molar-refractivity contribution is 7.98. The van der Waals surface area contributed by atoms with Gasteiger partial charge in [0.05, 0.1) is 29.5 Å². The van der Waals surface area contributed by atoms with Crippen LogP contribution in [0.1, 0.15) is 5.69 Å². The number of pyridine rings is 1. The van der Waals surface area contributed by atoms with Gasteiger partial charge in [-0.25, -0.2) is 4.68 Å². The number of aryl methyl sites for hydroxylation is 1. The number of aromatic nitrogens is 3. The third-order valence-electron chi connectivity index (χ3n) is 3.53. The molecule has 0 fully saturated rings. The molecule has 0 spiro atoms. The number of thioether (sulfide) groups is 1. The van der Waals surface area contributed by atoms with Crippen LogP contribution in [-0.4, -0.2) is 55.4 Å². The van der Waals surface area contributed by atoms with Crippen LogP contribution in [0, 0.1) is 6.92 Å². The van der Waals surface area contributed by atoms with Crippen LogP contribution in [0.4, 0.5) is 5.69 Å². The molecule has 2 aromatic heterocycles. The maximum atomic E-state index is 12.7. The van der Waals surface area contributed by atoms with E-state index in [1.807, 2.05) is 54.2 Å². The van der Waals surface area contributed by atoms with Gasteiger partial charge in [0.2, 0.25) is 5.91 Å². The first kappa shape index (κ1) is 16.7. The molecule has 0 atom stereocenters. The van der Waals surface area contributed by atoms with Crippen LogP contribution in [0.25, 0.3) is 5.69 Å². The number of anilines is 1. The van der Waals surface area contributed by atoms with E-state index in [4.69, 9.17) is 0 Å². The Morgan fingerprint density at radius 3 is 2.82 bits per heavy atom. The lowest BCUT2D eigenvalue weighted by atomic mass is 9.55. The van der Waals surface area contributed by atoms with Crippen molar-refractivity contribution in [2.24, 2.45) is 0 Å². The fourth-order valence-electron chi connectivity index (χ4n) is 2.39. The average Bonchev–Trinajstić information content (AvgIpc) is 2.88. The van der Waals surface area contributed by atoms with Crippen molar-refractivity contribution >= 4 is 39.0 Å². The minimum Gasteiger partial charge on any atom is -0.313 e. The lowest BCUT2D eigenvalue weighted by molar-refractivity contribution is -0.118. The van der Waals surface area contributed by atoms with E-state index in [0.717, 1.165) is 22.8 Å². The Morgan fingerprint density at radius 2 is 2.23 bits per heavy atom.